The Labute approximate surface area is 129 Å². The van der Waals surface area contributed by atoms with E-state index in [1.807, 2.05) is 18.2 Å². The molecule has 3 heteroatoms. The van der Waals surface area contributed by atoms with E-state index in [1.54, 1.807) is 0 Å². The summed E-state index contributed by atoms with van der Waals surface area (Å²) >= 11 is 12.1. The molecule has 0 saturated heterocycles. The van der Waals surface area contributed by atoms with Gasteiger partial charge in [0, 0.05) is 5.69 Å². The average molecular weight is 306 g/mol. The van der Waals surface area contributed by atoms with Crippen LogP contribution >= 0.6 is 23.2 Å². The zero-order chi connectivity index (χ0) is 14.3. The van der Waals surface area contributed by atoms with Crippen molar-refractivity contribution in [1.82, 2.24) is 0 Å². The third-order valence-electron chi connectivity index (χ3n) is 4.02. The van der Waals surface area contributed by atoms with E-state index in [4.69, 9.17) is 23.2 Å². The van der Waals surface area contributed by atoms with Crippen LogP contribution in [0.3, 0.4) is 0 Å². The fraction of sp³-hybridized carbons (Fsp3) is 0.294. The lowest BCUT2D eigenvalue weighted by Crippen LogP contribution is -2.24. The minimum atomic E-state index is 0.176. The fourth-order valence-electron chi connectivity index (χ4n) is 3.02. The van der Waals surface area contributed by atoms with Crippen LogP contribution in [0.4, 0.5) is 5.69 Å². The third kappa shape index (κ3) is 2.41. The Balaban J connectivity index is 1.94. The summed E-state index contributed by atoms with van der Waals surface area (Å²) in [4.78, 5) is 0. The SMILES string of the molecule is CC1(C)Cc2ccccc2C1Nc1ccc(Cl)c(Cl)c1. The van der Waals surface area contributed by atoms with Crippen molar-refractivity contribution in [2.24, 2.45) is 5.41 Å². The highest BCUT2D eigenvalue weighted by atomic mass is 35.5. The number of hydrogen-bond acceptors (Lipinski definition) is 1. The van der Waals surface area contributed by atoms with Crippen LogP contribution in [0.1, 0.15) is 31.0 Å². The molecule has 0 amide bonds. The van der Waals surface area contributed by atoms with Crippen molar-refractivity contribution in [1.29, 1.82) is 0 Å². The molecule has 0 bridgehead atoms. The first-order valence-electron chi connectivity index (χ1n) is 6.77. The highest BCUT2D eigenvalue weighted by Crippen LogP contribution is 2.47. The van der Waals surface area contributed by atoms with Crippen molar-refractivity contribution in [2.75, 3.05) is 5.32 Å². The molecular weight excluding hydrogens is 289 g/mol. The number of benzene rings is 2. The molecule has 1 nitrogen and oxygen atoms in total. The van der Waals surface area contributed by atoms with Crippen molar-refractivity contribution >= 4 is 28.9 Å². The number of hydrogen-bond donors (Lipinski definition) is 1. The third-order valence-corrected chi connectivity index (χ3v) is 4.76. The molecule has 3 rings (SSSR count). The van der Waals surface area contributed by atoms with Gasteiger partial charge in [-0.05, 0) is 41.2 Å². The van der Waals surface area contributed by atoms with Crippen LogP contribution in [0, 0.1) is 5.41 Å². The number of anilines is 1. The summed E-state index contributed by atoms with van der Waals surface area (Å²) in [6, 6.07) is 14.6. The molecule has 0 radical (unpaired) electrons. The molecule has 0 fully saturated rings. The maximum Gasteiger partial charge on any atom is 0.0612 e. The van der Waals surface area contributed by atoms with Gasteiger partial charge in [-0.25, -0.2) is 0 Å². The Morgan fingerprint density at radius 3 is 2.55 bits per heavy atom. The van der Waals surface area contributed by atoms with E-state index in [2.05, 4.69) is 43.4 Å². The molecule has 0 heterocycles. The number of halogens is 2. The highest BCUT2D eigenvalue weighted by molar-refractivity contribution is 6.42. The quantitative estimate of drug-likeness (QED) is 0.747. The largest absolute Gasteiger partial charge is 0.378 e. The zero-order valence-corrected chi connectivity index (χ0v) is 13.1. The van der Waals surface area contributed by atoms with E-state index in [9.17, 15) is 0 Å². The lowest BCUT2D eigenvalue weighted by Gasteiger charge is -2.29. The van der Waals surface area contributed by atoms with Crippen LogP contribution in [-0.2, 0) is 6.42 Å². The minimum absolute atomic E-state index is 0.176. The van der Waals surface area contributed by atoms with Gasteiger partial charge < -0.3 is 5.32 Å². The molecule has 1 aliphatic rings. The second-order valence-electron chi connectivity index (χ2n) is 6.07. The summed E-state index contributed by atoms with van der Waals surface area (Å²) in [6.45, 7) is 4.59. The summed E-state index contributed by atoms with van der Waals surface area (Å²) in [7, 11) is 0. The van der Waals surface area contributed by atoms with E-state index in [0.29, 0.717) is 10.0 Å². The number of nitrogens with one attached hydrogen (secondary N) is 1. The number of rotatable bonds is 2. The maximum atomic E-state index is 6.10. The van der Waals surface area contributed by atoms with E-state index in [-0.39, 0.29) is 11.5 Å². The average Bonchev–Trinajstić information content (AvgIpc) is 2.65. The van der Waals surface area contributed by atoms with Crippen LogP contribution in [0.25, 0.3) is 0 Å². The molecule has 1 N–H and O–H groups in total. The Morgan fingerprint density at radius 2 is 1.80 bits per heavy atom. The van der Waals surface area contributed by atoms with Gasteiger partial charge in [0.05, 0.1) is 16.1 Å². The lowest BCUT2D eigenvalue weighted by atomic mass is 9.85. The summed E-state index contributed by atoms with van der Waals surface area (Å²) in [6.07, 6.45) is 1.09. The maximum absolute atomic E-state index is 6.10. The molecule has 1 atom stereocenters. The molecular formula is C17H17Cl2N. The first kappa shape index (κ1) is 13.8. The Bertz CT molecular complexity index is 649. The monoisotopic (exact) mass is 305 g/mol. The van der Waals surface area contributed by atoms with Crippen molar-refractivity contribution in [3.05, 3.63) is 63.6 Å². The molecule has 1 unspecified atom stereocenters. The molecule has 0 aliphatic heterocycles. The fourth-order valence-corrected chi connectivity index (χ4v) is 3.31. The molecule has 0 aromatic heterocycles. The van der Waals surface area contributed by atoms with E-state index < -0.39 is 0 Å². The normalized spacial score (nSPS) is 19.7. The highest BCUT2D eigenvalue weighted by Gasteiger charge is 2.38. The van der Waals surface area contributed by atoms with Crippen molar-refractivity contribution < 1.29 is 0 Å². The topological polar surface area (TPSA) is 12.0 Å². The Hall–Kier alpha value is -1.18. The predicted molar refractivity (Wildman–Crippen MR) is 86.8 cm³/mol. The van der Waals surface area contributed by atoms with Crippen LogP contribution in [0.2, 0.25) is 10.0 Å². The second-order valence-corrected chi connectivity index (χ2v) is 6.88. The van der Waals surface area contributed by atoms with Crippen molar-refractivity contribution in [2.45, 2.75) is 26.3 Å². The van der Waals surface area contributed by atoms with Gasteiger partial charge in [0.15, 0.2) is 0 Å². The lowest BCUT2D eigenvalue weighted by molar-refractivity contribution is 0.337. The minimum Gasteiger partial charge on any atom is -0.378 e. The standard InChI is InChI=1S/C17H17Cl2N/c1-17(2)10-11-5-3-4-6-13(11)16(17)20-12-7-8-14(18)15(19)9-12/h3-9,16,20H,10H2,1-2H3. The molecule has 2 aromatic rings. The van der Waals surface area contributed by atoms with Gasteiger partial charge in [-0.3, -0.25) is 0 Å². The molecule has 2 aromatic carbocycles. The van der Waals surface area contributed by atoms with Gasteiger partial charge in [0.1, 0.15) is 0 Å². The Kier molecular flexibility index (Phi) is 3.43. The summed E-state index contributed by atoms with van der Waals surface area (Å²) in [5.74, 6) is 0. The van der Waals surface area contributed by atoms with E-state index >= 15 is 0 Å². The smallest absolute Gasteiger partial charge is 0.0612 e. The van der Waals surface area contributed by atoms with Gasteiger partial charge in [-0.2, -0.15) is 0 Å². The number of fused-ring (bicyclic) bond motifs is 1. The molecule has 20 heavy (non-hydrogen) atoms. The van der Waals surface area contributed by atoms with Gasteiger partial charge >= 0.3 is 0 Å². The molecule has 0 saturated carbocycles. The van der Waals surface area contributed by atoms with Gasteiger partial charge in [-0.1, -0.05) is 61.3 Å². The van der Waals surface area contributed by atoms with Crippen LogP contribution < -0.4 is 5.32 Å². The van der Waals surface area contributed by atoms with Crippen LogP contribution in [0.15, 0.2) is 42.5 Å². The summed E-state index contributed by atoms with van der Waals surface area (Å²) < 4.78 is 0. The molecule has 0 spiro atoms. The first-order valence-corrected chi connectivity index (χ1v) is 7.52. The summed E-state index contributed by atoms with van der Waals surface area (Å²) in [5.41, 5.74) is 3.99. The summed E-state index contributed by atoms with van der Waals surface area (Å²) in [5, 5.41) is 4.78. The second kappa shape index (κ2) is 4.98. The predicted octanol–water partition coefficient (Wildman–Crippen LogP) is 5.73. The van der Waals surface area contributed by atoms with Crippen molar-refractivity contribution in [3.63, 3.8) is 0 Å². The molecule has 1 aliphatic carbocycles. The molecule has 104 valence electrons. The van der Waals surface area contributed by atoms with Gasteiger partial charge in [-0.15, -0.1) is 0 Å². The first-order chi connectivity index (χ1) is 9.47. The van der Waals surface area contributed by atoms with E-state index in [1.165, 1.54) is 11.1 Å². The zero-order valence-electron chi connectivity index (χ0n) is 11.6. The van der Waals surface area contributed by atoms with Crippen LogP contribution in [0.5, 0.6) is 0 Å². The van der Waals surface area contributed by atoms with Crippen molar-refractivity contribution in [3.8, 4) is 0 Å². The van der Waals surface area contributed by atoms with Crippen LogP contribution in [-0.4, -0.2) is 0 Å². The Morgan fingerprint density at radius 1 is 1.05 bits per heavy atom. The van der Waals surface area contributed by atoms with E-state index in [0.717, 1.165) is 12.1 Å². The van der Waals surface area contributed by atoms with Gasteiger partial charge in [0.25, 0.3) is 0 Å². The van der Waals surface area contributed by atoms with Gasteiger partial charge in [0.2, 0.25) is 0 Å².